The van der Waals surface area contributed by atoms with Crippen molar-refractivity contribution in [2.24, 2.45) is 5.92 Å². The lowest BCUT2D eigenvalue weighted by atomic mass is 9.98. The van der Waals surface area contributed by atoms with E-state index < -0.39 is 47.2 Å². The zero-order chi connectivity index (χ0) is 29.8. The molecule has 2 fully saturated rings. The highest BCUT2D eigenvalue weighted by Crippen LogP contribution is 2.54. The summed E-state index contributed by atoms with van der Waals surface area (Å²) < 4.78 is 20.7. The Labute approximate surface area is 248 Å². The van der Waals surface area contributed by atoms with Crippen LogP contribution in [0.4, 0.5) is 0 Å². The summed E-state index contributed by atoms with van der Waals surface area (Å²) in [4.78, 5) is 33.5. The monoisotopic (exact) mass is 585 g/mol. The molecule has 224 valence electrons. The SMILES string of the molecule is Cc1cn([C@@H]2O[C@]3(COCc4ccccc4)[C@@H](OCc4ccccc4)C2[C@H](NOCc2ccccc2)[C@@H]3O)c(=O)[nH]c1=O. The van der Waals surface area contributed by atoms with Crippen LogP contribution in [-0.4, -0.2) is 45.1 Å². The standard InChI is InChI=1S/C33H35N3O7/c1-22-17-36(32(39)34-30(22)38)31-26-27(35-42-20-25-15-9-4-10-16-25)28(37)33(43-31,21-40-18-23-11-5-2-6-12-23)29(26)41-19-24-13-7-3-8-14-24/h2-17,26-29,31,35,37H,18-21H2,1H3,(H,34,38,39)/t26?,27-,28-,29-,31+,33-/m0/s1. The van der Waals surface area contributed by atoms with Crippen molar-refractivity contribution in [2.75, 3.05) is 6.61 Å². The molecule has 0 spiro atoms. The van der Waals surface area contributed by atoms with E-state index in [9.17, 15) is 14.7 Å². The van der Waals surface area contributed by atoms with Gasteiger partial charge in [-0.1, -0.05) is 91.0 Å². The van der Waals surface area contributed by atoms with Crippen molar-refractivity contribution >= 4 is 0 Å². The molecule has 0 amide bonds. The molecule has 2 heterocycles. The molecule has 43 heavy (non-hydrogen) atoms. The normalized spacial score (nSPS) is 26.1. The number of aromatic nitrogens is 2. The van der Waals surface area contributed by atoms with E-state index in [0.717, 1.165) is 16.7 Å². The number of hydrogen-bond acceptors (Lipinski definition) is 8. The van der Waals surface area contributed by atoms with Gasteiger partial charge in [0.2, 0.25) is 0 Å². The second kappa shape index (κ2) is 12.8. The number of aliphatic hydroxyl groups excluding tert-OH is 1. The van der Waals surface area contributed by atoms with Crippen LogP contribution in [0.15, 0.2) is 107 Å². The number of nitrogens with zero attached hydrogens (tertiary/aromatic N) is 1. The number of benzene rings is 3. The summed E-state index contributed by atoms with van der Waals surface area (Å²) in [5, 5.41) is 11.9. The number of hydroxylamine groups is 1. The number of aryl methyl sites for hydroxylation is 1. The number of aliphatic hydroxyl groups is 1. The van der Waals surface area contributed by atoms with E-state index >= 15 is 0 Å². The number of aromatic amines is 1. The van der Waals surface area contributed by atoms with Crippen molar-refractivity contribution in [2.45, 2.75) is 56.8 Å². The van der Waals surface area contributed by atoms with Crippen LogP contribution in [0.2, 0.25) is 0 Å². The summed E-state index contributed by atoms with van der Waals surface area (Å²) in [5.41, 5.74) is 3.84. The van der Waals surface area contributed by atoms with E-state index in [0.29, 0.717) is 12.2 Å². The highest BCUT2D eigenvalue weighted by molar-refractivity contribution is 5.21. The fourth-order valence-electron chi connectivity index (χ4n) is 6.04. The Bertz CT molecular complexity index is 1610. The summed E-state index contributed by atoms with van der Waals surface area (Å²) in [6.45, 7) is 2.41. The van der Waals surface area contributed by atoms with E-state index in [1.165, 1.54) is 10.8 Å². The summed E-state index contributed by atoms with van der Waals surface area (Å²) in [6.07, 6.45) is -1.21. The first-order chi connectivity index (χ1) is 21.0. The summed E-state index contributed by atoms with van der Waals surface area (Å²) >= 11 is 0. The zero-order valence-electron chi connectivity index (χ0n) is 23.8. The van der Waals surface area contributed by atoms with Crippen LogP contribution in [0.3, 0.4) is 0 Å². The number of ether oxygens (including phenoxy) is 3. The number of H-pyrrole nitrogens is 1. The van der Waals surface area contributed by atoms with Crippen LogP contribution in [-0.2, 0) is 38.9 Å². The van der Waals surface area contributed by atoms with Crippen molar-refractivity contribution in [3.63, 3.8) is 0 Å². The first kappa shape index (κ1) is 29.2. The van der Waals surface area contributed by atoms with Gasteiger partial charge in [-0.05, 0) is 23.6 Å². The second-order valence-electron chi connectivity index (χ2n) is 11.1. The van der Waals surface area contributed by atoms with Crippen LogP contribution in [0, 0.1) is 12.8 Å². The third-order valence-electron chi connectivity index (χ3n) is 8.19. The van der Waals surface area contributed by atoms with Gasteiger partial charge in [-0.25, -0.2) is 4.79 Å². The quantitative estimate of drug-likeness (QED) is 0.217. The van der Waals surface area contributed by atoms with Crippen LogP contribution in [0.5, 0.6) is 0 Å². The maximum atomic E-state index is 13.1. The lowest BCUT2D eigenvalue weighted by molar-refractivity contribution is -0.221. The van der Waals surface area contributed by atoms with Gasteiger partial charge in [0.1, 0.15) is 24.0 Å². The van der Waals surface area contributed by atoms with Gasteiger partial charge in [-0.3, -0.25) is 19.2 Å². The lowest BCUT2D eigenvalue weighted by Gasteiger charge is -2.39. The van der Waals surface area contributed by atoms with Crippen LogP contribution in [0.25, 0.3) is 0 Å². The van der Waals surface area contributed by atoms with E-state index in [-0.39, 0.29) is 19.8 Å². The topological polar surface area (TPSA) is 124 Å². The molecule has 1 unspecified atom stereocenters. The molecule has 3 N–H and O–H groups in total. The summed E-state index contributed by atoms with van der Waals surface area (Å²) in [6, 6.07) is 28.4. The molecular weight excluding hydrogens is 550 g/mol. The van der Waals surface area contributed by atoms with E-state index in [1.54, 1.807) is 6.92 Å². The molecule has 6 rings (SSSR count). The average Bonchev–Trinajstić information content (AvgIpc) is 3.46. The van der Waals surface area contributed by atoms with Crippen LogP contribution >= 0.6 is 0 Å². The van der Waals surface area contributed by atoms with Crippen molar-refractivity contribution in [1.29, 1.82) is 0 Å². The minimum atomic E-state index is -1.35. The van der Waals surface area contributed by atoms with E-state index in [4.69, 9.17) is 19.0 Å². The lowest BCUT2D eigenvalue weighted by Crippen LogP contribution is -2.58. The first-order valence-corrected chi connectivity index (χ1v) is 14.3. The van der Waals surface area contributed by atoms with Gasteiger partial charge in [0.05, 0.1) is 38.4 Å². The third kappa shape index (κ3) is 5.98. The van der Waals surface area contributed by atoms with Gasteiger partial charge in [0.15, 0.2) is 0 Å². The third-order valence-corrected chi connectivity index (χ3v) is 8.19. The minimum Gasteiger partial charge on any atom is -0.388 e. The molecule has 1 saturated heterocycles. The molecule has 4 aromatic rings. The summed E-state index contributed by atoms with van der Waals surface area (Å²) in [5.74, 6) is -0.585. The Morgan fingerprint density at radius 2 is 1.47 bits per heavy atom. The number of rotatable bonds is 12. The van der Waals surface area contributed by atoms with Gasteiger partial charge in [0, 0.05) is 11.8 Å². The Hall–Kier alpha value is -3.90. The van der Waals surface area contributed by atoms with Crippen molar-refractivity contribution in [3.8, 4) is 0 Å². The maximum absolute atomic E-state index is 13.1. The van der Waals surface area contributed by atoms with Gasteiger partial charge >= 0.3 is 5.69 Å². The molecule has 1 aliphatic heterocycles. The molecule has 1 aromatic heterocycles. The molecule has 10 heteroatoms. The molecular formula is C33H35N3O7. The smallest absolute Gasteiger partial charge is 0.330 e. The molecule has 2 aliphatic rings. The van der Waals surface area contributed by atoms with E-state index in [1.807, 2.05) is 91.0 Å². The highest BCUT2D eigenvalue weighted by Gasteiger charge is 2.71. The maximum Gasteiger partial charge on any atom is 0.330 e. The highest BCUT2D eigenvalue weighted by atomic mass is 16.7. The van der Waals surface area contributed by atoms with E-state index in [2.05, 4.69) is 10.5 Å². The number of fused-ring (bicyclic) bond motifs is 2. The molecule has 2 bridgehead atoms. The predicted octanol–water partition coefficient (Wildman–Crippen LogP) is 3.00. The Kier molecular flexibility index (Phi) is 8.66. The molecule has 10 nitrogen and oxygen atoms in total. The summed E-state index contributed by atoms with van der Waals surface area (Å²) in [7, 11) is 0. The molecule has 3 aromatic carbocycles. The minimum absolute atomic E-state index is 0.0104. The number of nitrogens with one attached hydrogen (secondary N) is 2. The first-order valence-electron chi connectivity index (χ1n) is 14.3. The Morgan fingerprint density at radius 1 is 0.884 bits per heavy atom. The van der Waals surface area contributed by atoms with Gasteiger partial charge in [-0.2, -0.15) is 5.48 Å². The average molecular weight is 586 g/mol. The fraction of sp³-hybridized carbons (Fsp3) is 0.333. The molecule has 0 radical (unpaired) electrons. The van der Waals surface area contributed by atoms with Gasteiger partial charge in [0.25, 0.3) is 5.56 Å². The predicted molar refractivity (Wildman–Crippen MR) is 158 cm³/mol. The molecule has 1 saturated carbocycles. The van der Waals surface area contributed by atoms with Crippen molar-refractivity contribution in [1.82, 2.24) is 15.0 Å². The fourth-order valence-corrected chi connectivity index (χ4v) is 6.04. The van der Waals surface area contributed by atoms with Crippen molar-refractivity contribution < 1.29 is 24.2 Å². The van der Waals surface area contributed by atoms with Crippen LogP contribution < -0.4 is 16.7 Å². The molecule has 6 atom stereocenters. The van der Waals surface area contributed by atoms with Gasteiger partial charge in [-0.15, -0.1) is 0 Å². The number of hydrogen-bond donors (Lipinski definition) is 3. The molecule has 1 aliphatic carbocycles. The van der Waals surface area contributed by atoms with Crippen LogP contribution in [0.1, 0.15) is 28.5 Å². The Morgan fingerprint density at radius 3 is 2.09 bits per heavy atom. The zero-order valence-corrected chi connectivity index (χ0v) is 23.8. The van der Waals surface area contributed by atoms with Crippen molar-refractivity contribution in [3.05, 3.63) is 140 Å². The van der Waals surface area contributed by atoms with Gasteiger partial charge < -0.3 is 19.3 Å². The largest absolute Gasteiger partial charge is 0.388 e. The Balaban J connectivity index is 1.34. The second-order valence-corrected chi connectivity index (χ2v) is 11.1.